The predicted molar refractivity (Wildman–Crippen MR) is 84.9 cm³/mol. The molecule has 0 aliphatic heterocycles. The summed E-state index contributed by atoms with van der Waals surface area (Å²) in [6.07, 6.45) is 0.890. The van der Waals surface area contributed by atoms with Crippen LogP contribution in [0.1, 0.15) is 32.8 Å². The molecule has 0 bridgehead atoms. The van der Waals surface area contributed by atoms with Crippen molar-refractivity contribution in [2.45, 2.75) is 39.8 Å². The molecule has 0 saturated heterocycles. The van der Waals surface area contributed by atoms with E-state index in [4.69, 9.17) is 0 Å². The number of benzene rings is 1. The van der Waals surface area contributed by atoms with Gasteiger partial charge in [0, 0.05) is 26.2 Å². The van der Waals surface area contributed by atoms with Gasteiger partial charge in [-0.15, -0.1) is 0 Å². The highest BCUT2D eigenvalue weighted by atomic mass is 19.1. The van der Waals surface area contributed by atoms with E-state index in [9.17, 15) is 9.18 Å². The van der Waals surface area contributed by atoms with E-state index in [2.05, 4.69) is 10.6 Å². The Bertz CT molecular complexity index is 463. The SMILES string of the molecule is CCCNC(=O)CN(C)c1ccc(CNC(C)C)cc1F. The van der Waals surface area contributed by atoms with Crippen molar-refractivity contribution in [1.82, 2.24) is 10.6 Å². The second kappa shape index (κ2) is 8.62. The third-order valence-corrected chi connectivity index (χ3v) is 3.09. The van der Waals surface area contributed by atoms with E-state index in [1.165, 1.54) is 6.07 Å². The van der Waals surface area contributed by atoms with Crippen molar-refractivity contribution in [3.05, 3.63) is 29.6 Å². The van der Waals surface area contributed by atoms with Gasteiger partial charge >= 0.3 is 0 Å². The molecule has 0 heterocycles. The lowest BCUT2D eigenvalue weighted by molar-refractivity contribution is -0.119. The van der Waals surface area contributed by atoms with E-state index < -0.39 is 0 Å². The van der Waals surface area contributed by atoms with Gasteiger partial charge < -0.3 is 15.5 Å². The van der Waals surface area contributed by atoms with Crippen LogP contribution < -0.4 is 15.5 Å². The molecule has 1 amide bonds. The number of rotatable bonds is 8. The van der Waals surface area contributed by atoms with Crippen LogP contribution in [0, 0.1) is 5.82 Å². The molecule has 0 fully saturated rings. The fraction of sp³-hybridized carbons (Fsp3) is 0.562. The summed E-state index contributed by atoms with van der Waals surface area (Å²) in [6.45, 7) is 7.53. The molecule has 21 heavy (non-hydrogen) atoms. The number of anilines is 1. The van der Waals surface area contributed by atoms with Crippen LogP contribution in [0.25, 0.3) is 0 Å². The third kappa shape index (κ3) is 6.12. The van der Waals surface area contributed by atoms with Gasteiger partial charge in [-0.3, -0.25) is 4.79 Å². The van der Waals surface area contributed by atoms with E-state index >= 15 is 0 Å². The van der Waals surface area contributed by atoms with Gasteiger partial charge in [-0.2, -0.15) is 0 Å². The number of hydrogen-bond donors (Lipinski definition) is 2. The quantitative estimate of drug-likeness (QED) is 0.773. The lowest BCUT2D eigenvalue weighted by atomic mass is 10.1. The number of likely N-dealkylation sites (N-methyl/N-ethyl adjacent to an activating group) is 1. The molecule has 0 spiro atoms. The normalized spacial score (nSPS) is 10.8. The fourth-order valence-corrected chi connectivity index (χ4v) is 1.91. The van der Waals surface area contributed by atoms with E-state index in [0.29, 0.717) is 24.8 Å². The minimum Gasteiger partial charge on any atom is -0.363 e. The van der Waals surface area contributed by atoms with Gasteiger partial charge in [-0.1, -0.05) is 26.8 Å². The Hall–Kier alpha value is -1.62. The van der Waals surface area contributed by atoms with Crippen LogP contribution in [0.2, 0.25) is 0 Å². The Morgan fingerprint density at radius 1 is 1.38 bits per heavy atom. The lowest BCUT2D eigenvalue weighted by Crippen LogP contribution is -2.35. The van der Waals surface area contributed by atoms with Crippen molar-refractivity contribution >= 4 is 11.6 Å². The van der Waals surface area contributed by atoms with E-state index in [1.54, 1.807) is 18.0 Å². The molecule has 0 aliphatic carbocycles. The van der Waals surface area contributed by atoms with Gasteiger partial charge in [0.25, 0.3) is 0 Å². The number of hydrogen-bond acceptors (Lipinski definition) is 3. The van der Waals surface area contributed by atoms with Crippen molar-refractivity contribution in [3.63, 3.8) is 0 Å². The van der Waals surface area contributed by atoms with Crippen molar-refractivity contribution in [2.24, 2.45) is 0 Å². The molecule has 0 unspecified atom stereocenters. The van der Waals surface area contributed by atoms with E-state index in [1.807, 2.05) is 26.8 Å². The van der Waals surface area contributed by atoms with Crippen LogP contribution in [0.5, 0.6) is 0 Å². The van der Waals surface area contributed by atoms with Gasteiger partial charge in [0.05, 0.1) is 12.2 Å². The monoisotopic (exact) mass is 295 g/mol. The molecule has 4 nitrogen and oxygen atoms in total. The number of nitrogens with zero attached hydrogens (tertiary/aromatic N) is 1. The summed E-state index contributed by atoms with van der Waals surface area (Å²) in [7, 11) is 1.72. The van der Waals surface area contributed by atoms with Crippen LogP contribution in [-0.2, 0) is 11.3 Å². The maximum Gasteiger partial charge on any atom is 0.239 e. The number of carbonyl (C=O) groups excluding carboxylic acids is 1. The maximum absolute atomic E-state index is 14.1. The first kappa shape index (κ1) is 17.4. The highest BCUT2D eigenvalue weighted by Gasteiger charge is 2.11. The van der Waals surface area contributed by atoms with E-state index in [0.717, 1.165) is 12.0 Å². The zero-order chi connectivity index (χ0) is 15.8. The second-order valence-electron chi connectivity index (χ2n) is 5.53. The zero-order valence-corrected chi connectivity index (χ0v) is 13.4. The molecule has 0 saturated carbocycles. The van der Waals surface area contributed by atoms with Gasteiger partial charge in [-0.25, -0.2) is 4.39 Å². The molecular weight excluding hydrogens is 269 g/mol. The first-order valence-corrected chi connectivity index (χ1v) is 7.43. The minimum absolute atomic E-state index is 0.0932. The van der Waals surface area contributed by atoms with Crippen LogP contribution in [0.4, 0.5) is 10.1 Å². The highest BCUT2D eigenvalue weighted by Crippen LogP contribution is 2.19. The Morgan fingerprint density at radius 2 is 2.10 bits per heavy atom. The van der Waals surface area contributed by atoms with Gasteiger partial charge in [0.1, 0.15) is 5.82 Å². The van der Waals surface area contributed by atoms with Gasteiger partial charge in [0.15, 0.2) is 0 Å². The molecule has 1 rings (SSSR count). The Labute approximate surface area is 126 Å². The van der Waals surface area contributed by atoms with Crippen LogP contribution >= 0.6 is 0 Å². The molecule has 0 radical (unpaired) electrons. The summed E-state index contributed by atoms with van der Waals surface area (Å²) in [5, 5.41) is 6.03. The Balaban J connectivity index is 2.64. The Morgan fingerprint density at radius 3 is 2.67 bits per heavy atom. The van der Waals surface area contributed by atoms with E-state index in [-0.39, 0.29) is 18.3 Å². The summed E-state index contributed by atoms with van der Waals surface area (Å²) >= 11 is 0. The predicted octanol–water partition coefficient (Wildman–Crippen LogP) is 2.29. The first-order chi connectivity index (χ1) is 9.93. The van der Waals surface area contributed by atoms with Crippen molar-refractivity contribution < 1.29 is 9.18 Å². The molecule has 2 N–H and O–H groups in total. The third-order valence-electron chi connectivity index (χ3n) is 3.09. The van der Waals surface area contributed by atoms with Crippen LogP contribution in [0.3, 0.4) is 0 Å². The summed E-state index contributed by atoms with van der Waals surface area (Å²) in [5.41, 5.74) is 1.34. The van der Waals surface area contributed by atoms with Crippen molar-refractivity contribution in [3.8, 4) is 0 Å². The van der Waals surface area contributed by atoms with Crippen molar-refractivity contribution in [1.29, 1.82) is 0 Å². The van der Waals surface area contributed by atoms with Gasteiger partial charge in [-0.05, 0) is 24.1 Å². The molecule has 0 atom stereocenters. The summed E-state index contributed by atoms with van der Waals surface area (Å²) in [5.74, 6) is -0.395. The topological polar surface area (TPSA) is 44.4 Å². The lowest BCUT2D eigenvalue weighted by Gasteiger charge is -2.20. The zero-order valence-electron chi connectivity index (χ0n) is 13.4. The standard InChI is InChI=1S/C16H26FN3O/c1-5-8-18-16(21)11-20(4)15-7-6-13(9-14(15)17)10-19-12(2)3/h6-7,9,12,19H,5,8,10-11H2,1-4H3,(H,18,21). The van der Waals surface area contributed by atoms with Gasteiger partial charge in [0.2, 0.25) is 5.91 Å². The summed E-state index contributed by atoms with van der Waals surface area (Å²) in [4.78, 5) is 13.3. The van der Waals surface area contributed by atoms with Crippen LogP contribution in [-0.4, -0.2) is 32.1 Å². The molecule has 1 aromatic carbocycles. The maximum atomic E-state index is 14.1. The smallest absolute Gasteiger partial charge is 0.239 e. The second-order valence-corrected chi connectivity index (χ2v) is 5.53. The highest BCUT2D eigenvalue weighted by molar-refractivity contribution is 5.81. The molecule has 118 valence electrons. The number of halogens is 1. The summed E-state index contributed by atoms with van der Waals surface area (Å²) in [6, 6.07) is 5.48. The molecule has 1 aromatic rings. The number of carbonyl (C=O) groups is 1. The molecule has 0 aliphatic rings. The molecule has 5 heteroatoms. The average Bonchev–Trinajstić information content (AvgIpc) is 2.42. The number of amides is 1. The Kier molecular flexibility index (Phi) is 7.15. The molecular formula is C16H26FN3O. The average molecular weight is 295 g/mol. The first-order valence-electron chi connectivity index (χ1n) is 7.43. The number of nitrogens with one attached hydrogen (secondary N) is 2. The largest absolute Gasteiger partial charge is 0.363 e. The molecule has 0 aromatic heterocycles. The fourth-order valence-electron chi connectivity index (χ4n) is 1.91. The minimum atomic E-state index is -0.302. The summed E-state index contributed by atoms with van der Waals surface area (Å²) < 4.78 is 14.1. The van der Waals surface area contributed by atoms with Crippen LogP contribution in [0.15, 0.2) is 18.2 Å². The van der Waals surface area contributed by atoms with Crippen molar-refractivity contribution in [2.75, 3.05) is 25.0 Å².